The predicted molar refractivity (Wildman–Crippen MR) is 129 cm³/mol. The molecule has 1 fully saturated rings. The lowest BCUT2D eigenvalue weighted by molar-refractivity contribution is 0.0951. The van der Waals surface area contributed by atoms with Crippen molar-refractivity contribution in [3.8, 4) is 16.9 Å². The average Bonchev–Trinajstić information content (AvgIpc) is 3.55. The van der Waals surface area contributed by atoms with Crippen LogP contribution in [0.1, 0.15) is 34.3 Å². The summed E-state index contributed by atoms with van der Waals surface area (Å²) >= 11 is 0. The summed E-state index contributed by atoms with van der Waals surface area (Å²) in [6, 6.07) is 22.1. The third kappa shape index (κ3) is 5.02. The SMILES string of the molecule is O=C(NCc1ccc(CN2CCCC2)cc1)c1cn(-c2ccccc2)nc1-c1cccnc1. The Hall–Kier alpha value is -3.77. The highest BCUT2D eigenvalue weighted by Gasteiger charge is 2.19. The molecule has 1 amide bonds. The van der Waals surface area contributed by atoms with Crippen LogP contribution in [0.3, 0.4) is 0 Å². The van der Waals surface area contributed by atoms with Crippen LogP contribution in [-0.2, 0) is 13.1 Å². The zero-order valence-corrected chi connectivity index (χ0v) is 18.5. The molecule has 0 atom stereocenters. The van der Waals surface area contributed by atoms with Crippen molar-refractivity contribution in [1.29, 1.82) is 0 Å². The first kappa shape index (κ1) is 21.1. The van der Waals surface area contributed by atoms with Crippen molar-refractivity contribution in [2.24, 2.45) is 0 Å². The molecule has 0 bridgehead atoms. The molecule has 1 saturated heterocycles. The van der Waals surface area contributed by atoms with E-state index in [2.05, 4.69) is 39.5 Å². The van der Waals surface area contributed by atoms with Gasteiger partial charge in [-0.1, -0.05) is 42.5 Å². The molecule has 1 aliphatic heterocycles. The summed E-state index contributed by atoms with van der Waals surface area (Å²) in [6.07, 6.45) is 7.82. The number of rotatable bonds is 7. The molecule has 6 heteroatoms. The summed E-state index contributed by atoms with van der Waals surface area (Å²) in [7, 11) is 0. The maximum absolute atomic E-state index is 13.2. The number of carbonyl (C=O) groups is 1. The Balaban J connectivity index is 1.32. The molecule has 0 aliphatic carbocycles. The largest absolute Gasteiger partial charge is 0.348 e. The van der Waals surface area contributed by atoms with Crippen molar-refractivity contribution in [2.45, 2.75) is 25.9 Å². The van der Waals surface area contributed by atoms with Crippen molar-refractivity contribution >= 4 is 5.91 Å². The van der Waals surface area contributed by atoms with Gasteiger partial charge < -0.3 is 5.32 Å². The minimum Gasteiger partial charge on any atom is -0.348 e. The summed E-state index contributed by atoms with van der Waals surface area (Å²) < 4.78 is 1.74. The Morgan fingerprint density at radius 3 is 2.39 bits per heavy atom. The van der Waals surface area contributed by atoms with Gasteiger partial charge in [0.2, 0.25) is 0 Å². The summed E-state index contributed by atoms with van der Waals surface area (Å²) in [4.78, 5) is 19.8. The Labute approximate surface area is 193 Å². The van der Waals surface area contributed by atoms with Gasteiger partial charge in [0, 0.05) is 37.2 Å². The van der Waals surface area contributed by atoms with Crippen LogP contribution in [0.2, 0.25) is 0 Å². The highest BCUT2D eigenvalue weighted by Crippen LogP contribution is 2.23. The number of benzene rings is 2. The van der Waals surface area contributed by atoms with Gasteiger partial charge in [0.05, 0.1) is 11.3 Å². The van der Waals surface area contributed by atoms with E-state index in [-0.39, 0.29) is 5.91 Å². The molecule has 3 heterocycles. The predicted octanol–water partition coefficient (Wildman–Crippen LogP) is 4.46. The summed E-state index contributed by atoms with van der Waals surface area (Å²) in [6.45, 7) is 3.84. The molecule has 33 heavy (non-hydrogen) atoms. The lowest BCUT2D eigenvalue weighted by Crippen LogP contribution is -2.23. The maximum atomic E-state index is 13.2. The van der Waals surface area contributed by atoms with Gasteiger partial charge in [-0.2, -0.15) is 5.10 Å². The summed E-state index contributed by atoms with van der Waals surface area (Å²) in [5, 5.41) is 7.76. The molecule has 2 aromatic carbocycles. The van der Waals surface area contributed by atoms with Crippen LogP contribution in [0.5, 0.6) is 0 Å². The van der Waals surface area contributed by atoms with E-state index in [1.807, 2.05) is 42.5 Å². The van der Waals surface area contributed by atoms with E-state index in [0.717, 1.165) is 23.4 Å². The number of aromatic nitrogens is 3. The van der Waals surface area contributed by atoms with Crippen LogP contribution < -0.4 is 5.32 Å². The van der Waals surface area contributed by atoms with Gasteiger partial charge in [-0.05, 0) is 61.3 Å². The number of likely N-dealkylation sites (tertiary alicyclic amines) is 1. The van der Waals surface area contributed by atoms with Crippen LogP contribution in [0.25, 0.3) is 16.9 Å². The molecule has 166 valence electrons. The molecule has 0 spiro atoms. The molecule has 0 unspecified atom stereocenters. The monoisotopic (exact) mass is 437 g/mol. The number of carbonyl (C=O) groups excluding carboxylic acids is 1. The summed E-state index contributed by atoms with van der Waals surface area (Å²) in [5.41, 5.74) is 5.24. The fraction of sp³-hybridized carbons (Fsp3) is 0.222. The Bertz CT molecular complexity index is 1200. The molecule has 4 aromatic rings. The number of hydrogen-bond acceptors (Lipinski definition) is 4. The molecular formula is C27H27N5O. The molecule has 1 aliphatic rings. The van der Waals surface area contributed by atoms with E-state index in [1.165, 1.54) is 31.5 Å². The zero-order valence-electron chi connectivity index (χ0n) is 18.5. The molecule has 5 rings (SSSR count). The topological polar surface area (TPSA) is 63.1 Å². The van der Waals surface area contributed by atoms with Gasteiger partial charge in [0.15, 0.2) is 0 Å². The van der Waals surface area contributed by atoms with Crippen LogP contribution in [-0.4, -0.2) is 38.7 Å². The van der Waals surface area contributed by atoms with Gasteiger partial charge in [0.25, 0.3) is 5.91 Å². The minimum absolute atomic E-state index is 0.155. The van der Waals surface area contributed by atoms with E-state index in [9.17, 15) is 4.79 Å². The minimum atomic E-state index is -0.155. The van der Waals surface area contributed by atoms with Gasteiger partial charge in [-0.3, -0.25) is 14.7 Å². The molecule has 2 aromatic heterocycles. The molecule has 0 radical (unpaired) electrons. The first-order valence-corrected chi connectivity index (χ1v) is 11.4. The van der Waals surface area contributed by atoms with E-state index < -0.39 is 0 Å². The van der Waals surface area contributed by atoms with Crippen molar-refractivity contribution < 1.29 is 4.79 Å². The summed E-state index contributed by atoms with van der Waals surface area (Å²) in [5.74, 6) is -0.155. The normalized spacial score (nSPS) is 13.8. The lowest BCUT2D eigenvalue weighted by atomic mass is 10.1. The Kier molecular flexibility index (Phi) is 6.26. The smallest absolute Gasteiger partial charge is 0.255 e. The van der Waals surface area contributed by atoms with E-state index in [4.69, 9.17) is 5.10 Å². The fourth-order valence-corrected chi connectivity index (χ4v) is 4.21. The van der Waals surface area contributed by atoms with Crippen molar-refractivity contribution in [3.05, 3.63) is 102 Å². The number of nitrogens with zero attached hydrogens (tertiary/aromatic N) is 4. The second-order valence-electron chi connectivity index (χ2n) is 8.40. The third-order valence-corrected chi connectivity index (χ3v) is 6.00. The van der Waals surface area contributed by atoms with E-state index in [1.54, 1.807) is 23.3 Å². The Morgan fingerprint density at radius 1 is 0.909 bits per heavy atom. The van der Waals surface area contributed by atoms with Crippen molar-refractivity contribution in [1.82, 2.24) is 25.0 Å². The Morgan fingerprint density at radius 2 is 1.67 bits per heavy atom. The van der Waals surface area contributed by atoms with Crippen LogP contribution >= 0.6 is 0 Å². The fourth-order valence-electron chi connectivity index (χ4n) is 4.21. The molecule has 6 nitrogen and oxygen atoms in total. The third-order valence-electron chi connectivity index (χ3n) is 6.00. The first-order chi connectivity index (χ1) is 16.3. The van der Waals surface area contributed by atoms with Gasteiger partial charge in [-0.15, -0.1) is 0 Å². The van der Waals surface area contributed by atoms with Crippen molar-refractivity contribution in [3.63, 3.8) is 0 Å². The molecule has 1 N–H and O–H groups in total. The van der Waals surface area contributed by atoms with Gasteiger partial charge >= 0.3 is 0 Å². The number of hydrogen-bond donors (Lipinski definition) is 1. The number of para-hydroxylation sites is 1. The standard InChI is InChI=1S/C27H27N5O/c33-27(29-17-21-10-12-22(13-11-21)19-31-15-4-5-16-31)25-20-32(24-8-2-1-3-9-24)30-26(25)23-7-6-14-28-18-23/h1-3,6-14,18,20H,4-5,15-17,19H2,(H,29,33). The van der Waals surface area contributed by atoms with Crippen molar-refractivity contribution in [2.75, 3.05) is 13.1 Å². The first-order valence-electron chi connectivity index (χ1n) is 11.4. The maximum Gasteiger partial charge on any atom is 0.255 e. The number of amides is 1. The number of nitrogens with one attached hydrogen (secondary N) is 1. The number of pyridine rings is 1. The lowest BCUT2D eigenvalue weighted by Gasteiger charge is -2.14. The quantitative estimate of drug-likeness (QED) is 0.464. The van der Waals surface area contributed by atoms with Gasteiger partial charge in [0.1, 0.15) is 5.69 Å². The average molecular weight is 438 g/mol. The second-order valence-corrected chi connectivity index (χ2v) is 8.40. The highest BCUT2D eigenvalue weighted by molar-refractivity contribution is 5.99. The van der Waals surface area contributed by atoms with Crippen LogP contribution in [0.15, 0.2) is 85.3 Å². The van der Waals surface area contributed by atoms with Gasteiger partial charge in [-0.25, -0.2) is 4.68 Å². The zero-order chi connectivity index (χ0) is 22.5. The van der Waals surface area contributed by atoms with E-state index >= 15 is 0 Å². The molecular weight excluding hydrogens is 410 g/mol. The second kappa shape index (κ2) is 9.79. The van der Waals surface area contributed by atoms with Crippen LogP contribution in [0.4, 0.5) is 0 Å². The van der Waals surface area contributed by atoms with E-state index in [0.29, 0.717) is 17.8 Å². The van der Waals surface area contributed by atoms with Crippen LogP contribution in [0, 0.1) is 0 Å². The highest BCUT2D eigenvalue weighted by atomic mass is 16.1. The molecule has 0 saturated carbocycles.